The zero-order valence-electron chi connectivity index (χ0n) is 20.3. The minimum atomic E-state index is -1.00. The Labute approximate surface area is 205 Å². The van der Waals surface area contributed by atoms with Crippen molar-refractivity contribution >= 4 is 18.0 Å². The average molecular weight is 481 g/mol. The summed E-state index contributed by atoms with van der Waals surface area (Å²) in [6.07, 6.45) is -0.892. The number of nitrogens with one attached hydrogen (secondary N) is 1. The second-order valence-electron chi connectivity index (χ2n) is 10.1. The molecule has 1 heterocycles. The van der Waals surface area contributed by atoms with E-state index < -0.39 is 29.6 Å². The summed E-state index contributed by atoms with van der Waals surface area (Å²) in [5.74, 6) is -1.42. The molecular weight excluding hydrogens is 448 g/mol. The van der Waals surface area contributed by atoms with Gasteiger partial charge in [0.1, 0.15) is 12.6 Å². The number of hydrogen-bond acceptors (Lipinski definition) is 5. The molecule has 2 aliphatic rings. The van der Waals surface area contributed by atoms with Crippen LogP contribution in [0.5, 0.6) is 0 Å². The lowest BCUT2D eigenvalue weighted by molar-refractivity contribution is -0.149. The van der Waals surface area contributed by atoms with E-state index in [0.29, 0.717) is 6.61 Å². The van der Waals surface area contributed by atoms with Crippen molar-refractivity contribution in [3.8, 4) is 11.1 Å². The van der Waals surface area contributed by atoms with Gasteiger partial charge in [0.15, 0.2) is 0 Å². The van der Waals surface area contributed by atoms with Gasteiger partial charge in [-0.1, -0.05) is 69.3 Å². The Bertz CT molecular complexity index is 1060. The Morgan fingerprint density at radius 1 is 1.09 bits per heavy atom. The van der Waals surface area contributed by atoms with E-state index in [4.69, 9.17) is 9.47 Å². The maximum atomic E-state index is 13.5. The molecule has 35 heavy (non-hydrogen) atoms. The Hall–Kier alpha value is -3.39. The highest BCUT2D eigenvalue weighted by Crippen LogP contribution is 2.44. The van der Waals surface area contributed by atoms with E-state index in [1.807, 2.05) is 57.2 Å². The summed E-state index contributed by atoms with van der Waals surface area (Å²) in [6, 6.07) is 14.7. The van der Waals surface area contributed by atoms with Crippen molar-refractivity contribution in [3.05, 3.63) is 59.7 Å². The Balaban J connectivity index is 1.46. The van der Waals surface area contributed by atoms with Crippen LogP contribution in [0.3, 0.4) is 0 Å². The fourth-order valence-corrected chi connectivity index (χ4v) is 4.89. The molecule has 2 aromatic carbocycles. The van der Waals surface area contributed by atoms with Gasteiger partial charge in [0.25, 0.3) is 0 Å². The second-order valence-corrected chi connectivity index (χ2v) is 10.1. The van der Waals surface area contributed by atoms with Gasteiger partial charge in [0, 0.05) is 12.5 Å². The van der Waals surface area contributed by atoms with Gasteiger partial charge in [0.2, 0.25) is 5.91 Å². The van der Waals surface area contributed by atoms with Crippen molar-refractivity contribution in [3.63, 3.8) is 0 Å². The highest BCUT2D eigenvalue weighted by molar-refractivity contribution is 5.87. The summed E-state index contributed by atoms with van der Waals surface area (Å²) in [5, 5.41) is 12.0. The lowest BCUT2D eigenvalue weighted by Gasteiger charge is -2.40. The molecule has 0 bridgehead atoms. The van der Waals surface area contributed by atoms with Crippen LogP contribution < -0.4 is 5.32 Å². The number of rotatable bonds is 6. The van der Waals surface area contributed by atoms with Crippen LogP contribution in [0.4, 0.5) is 4.79 Å². The van der Waals surface area contributed by atoms with E-state index in [9.17, 15) is 19.5 Å². The molecule has 186 valence electrons. The first-order valence-electron chi connectivity index (χ1n) is 11.9. The molecule has 0 saturated carbocycles. The number of hydrogen-bond donors (Lipinski definition) is 2. The first kappa shape index (κ1) is 24.7. The van der Waals surface area contributed by atoms with E-state index in [2.05, 4.69) is 17.4 Å². The number of benzene rings is 2. The molecular formula is C27H32N2O6. The number of carboxylic acids is 1. The molecule has 1 aliphatic carbocycles. The van der Waals surface area contributed by atoms with Gasteiger partial charge in [-0.05, 0) is 27.7 Å². The number of morpholine rings is 1. The highest BCUT2D eigenvalue weighted by Gasteiger charge is 2.40. The fraction of sp³-hybridized carbons (Fsp3) is 0.444. The third-order valence-corrected chi connectivity index (χ3v) is 6.64. The summed E-state index contributed by atoms with van der Waals surface area (Å²) in [7, 11) is 0. The quantitative estimate of drug-likeness (QED) is 0.654. The first-order valence-corrected chi connectivity index (χ1v) is 11.9. The van der Waals surface area contributed by atoms with Gasteiger partial charge < -0.3 is 24.8 Å². The Morgan fingerprint density at radius 3 is 2.26 bits per heavy atom. The molecule has 1 unspecified atom stereocenters. The van der Waals surface area contributed by atoms with Crippen LogP contribution in [0.2, 0.25) is 0 Å². The third kappa shape index (κ3) is 5.32. The van der Waals surface area contributed by atoms with Crippen LogP contribution in [0, 0.1) is 5.41 Å². The molecule has 1 fully saturated rings. The normalized spacial score (nSPS) is 18.4. The van der Waals surface area contributed by atoms with Gasteiger partial charge in [-0.2, -0.15) is 0 Å². The Morgan fingerprint density at radius 2 is 1.69 bits per heavy atom. The van der Waals surface area contributed by atoms with Crippen LogP contribution in [-0.2, 0) is 19.1 Å². The summed E-state index contributed by atoms with van der Waals surface area (Å²) >= 11 is 0. The maximum absolute atomic E-state index is 13.5. The number of amides is 2. The summed E-state index contributed by atoms with van der Waals surface area (Å²) in [4.78, 5) is 39.2. The van der Waals surface area contributed by atoms with Gasteiger partial charge in [-0.25, -0.2) is 4.79 Å². The van der Waals surface area contributed by atoms with Crippen molar-refractivity contribution in [2.75, 3.05) is 26.4 Å². The lowest BCUT2D eigenvalue weighted by atomic mass is 9.85. The summed E-state index contributed by atoms with van der Waals surface area (Å²) in [5.41, 5.74) is 3.87. The van der Waals surface area contributed by atoms with Gasteiger partial charge >= 0.3 is 12.1 Å². The number of fused-ring (bicyclic) bond motifs is 3. The SMILES string of the molecule is CC(C)(C)[C@@H](NC(=O)OCC1c2ccccc2-c2ccccc21)C(=O)N1CCOCC1CC(=O)O. The van der Waals surface area contributed by atoms with Crippen LogP contribution in [0.25, 0.3) is 11.1 Å². The molecule has 0 aromatic heterocycles. The number of carbonyl (C=O) groups excluding carboxylic acids is 2. The van der Waals surface area contributed by atoms with Crippen molar-refractivity contribution in [1.29, 1.82) is 0 Å². The van der Waals surface area contributed by atoms with E-state index in [0.717, 1.165) is 22.3 Å². The molecule has 0 radical (unpaired) electrons. The minimum Gasteiger partial charge on any atom is -0.481 e. The third-order valence-electron chi connectivity index (χ3n) is 6.64. The van der Waals surface area contributed by atoms with Crippen molar-refractivity contribution in [2.24, 2.45) is 5.41 Å². The fourth-order valence-electron chi connectivity index (χ4n) is 4.89. The number of nitrogens with zero attached hydrogens (tertiary/aromatic N) is 1. The molecule has 2 amide bonds. The van der Waals surface area contributed by atoms with Crippen LogP contribution in [0.15, 0.2) is 48.5 Å². The number of aliphatic carboxylic acids is 1. The molecule has 4 rings (SSSR count). The number of carbonyl (C=O) groups is 3. The summed E-state index contributed by atoms with van der Waals surface area (Å²) in [6.45, 7) is 6.45. The molecule has 2 aromatic rings. The summed E-state index contributed by atoms with van der Waals surface area (Å²) < 4.78 is 11.0. The topological polar surface area (TPSA) is 105 Å². The monoisotopic (exact) mass is 480 g/mol. The van der Waals surface area contributed by atoms with Crippen molar-refractivity contribution < 1.29 is 29.0 Å². The average Bonchev–Trinajstić information content (AvgIpc) is 3.14. The number of carboxylic acid groups (broad SMARTS) is 1. The lowest BCUT2D eigenvalue weighted by Crippen LogP contribution is -2.60. The molecule has 0 spiro atoms. The molecule has 2 N–H and O–H groups in total. The highest BCUT2D eigenvalue weighted by atomic mass is 16.5. The molecule has 1 saturated heterocycles. The van der Waals surface area contributed by atoms with E-state index >= 15 is 0 Å². The molecule has 8 heteroatoms. The van der Waals surface area contributed by atoms with Gasteiger partial charge in [-0.3, -0.25) is 9.59 Å². The standard InChI is InChI=1S/C27H32N2O6/c1-27(2,3)24(25(32)29-12-13-34-15-17(29)14-23(30)31)28-26(33)35-16-22-20-10-6-4-8-18(20)19-9-5-7-11-21(19)22/h4-11,17,22,24H,12-16H2,1-3H3,(H,28,33)(H,30,31)/t17?,24-/m0/s1. The van der Waals surface area contributed by atoms with Crippen LogP contribution >= 0.6 is 0 Å². The molecule has 1 aliphatic heterocycles. The van der Waals surface area contributed by atoms with Gasteiger partial charge in [-0.15, -0.1) is 0 Å². The Kier molecular flexibility index (Phi) is 7.12. The van der Waals surface area contributed by atoms with Crippen LogP contribution in [0.1, 0.15) is 44.2 Å². The zero-order chi connectivity index (χ0) is 25.2. The number of ether oxygens (including phenoxy) is 2. The predicted molar refractivity (Wildman–Crippen MR) is 130 cm³/mol. The molecule has 2 atom stereocenters. The van der Waals surface area contributed by atoms with E-state index in [1.54, 1.807) is 0 Å². The van der Waals surface area contributed by atoms with Gasteiger partial charge in [0.05, 0.1) is 25.7 Å². The minimum absolute atomic E-state index is 0.0869. The van der Waals surface area contributed by atoms with Crippen LogP contribution in [-0.4, -0.2) is 66.4 Å². The largest absolute Gasteiger partial charge is 0.481 e. The van der Waals surface area contributed by atoms with Crippen molar-refractivity contribution in [2.45, 2.75) is 45.2 Å². The molecule has 8 nitrogen and oxygen atoms in total. The zero-order valence-corrected chi connectivity index (χ0v) is 20.3. The van der Waals surface area contributed by atoms with Crippen molar-refractivity contribution in [1.82, 2.24) is 10.2 Å². The predicted octanol–water partition coefficient (Wildman–Crippen LogP) is 3.64. The number of alkyl carbamates (subject to hydrolysis) is 1. The smallest absolute Gasteiger partial charge is 0.407 e. The van der Waals surface area contributed by atoms with E-state index in [1.165, 1.54) is 4.90 Å². The van der Waals surface area contributed by atoms with E-state index in [-0.39, 0.29) is 38.0 Å². The second kappa shape index (κ2) is 10.1. The maximum Gasteiger partial charge on any atom is 0.407 e. The first-order chi connectivity index (χ1) is 16.7.